The summed E-state index contributed by atoms with van der Waals surface area (Å²) in [5, 5.41) is 4.71. The van der Waals surface area contributed by atoms with Gasteiger partial charge in [-0.15, -0.1) is 11.3 Å². The predicted molar refractivity (Wildman–Crippen MR) is 91.3 cm³/mol. The van der Waals surface area contributed by atoms with Crippen molar-refractivity contribution in [3.8, 4) is 0 Å². The van der Waals surface area contributed by atoms with E-state index >= 15 is 0 Å². The molecule has 0 bridgehead atoms. The van der Waals surface area contributed by atoms with Crippen LogP contribution < -0.4 is 10.2 Å². The first kappa shape index (κ1) is 15.7. The van der Waals surface area contributed by atoms with Gasteiger partial charge in [0.15, 0.2) is 0 Å². The van der Waals surface area contributed by atoms with Gasteiger partial charge in [0.05, 0.1) is 4.88 Å². The number of carbonyl (C=O) groups is 2. The average molecular weight is 330 g/mol. The van der Waals surface area contributed by atoms with E-state index in [4.69, 9.17) is 4.74 Å². The predicted octanol–water partition coefficient (Wildman–Crippen LogP) is 2.93. The van der Waals surface area contributed by atoms with Crippen LogP contribution >= 0.6 is 11.3 Å². The Morgan fingerprint density at radius 1 is 1.35 bits per heavy atom. The van der Waals surface area contributed by atoms with E-state index in [1.165, 1.54) is 18.4 Å². The summed E-state index contributed by atoms with van der Waals surface area (Å²) in [7, 11) is 1.49. The molecule has 5 nitrogen and oxygen atoms in total. The number of hydrogen-bond donors (Lipinski definition) is 1. The molecule has 3 rings (SSSR count). The van der Waals surface area contributed by atoms with Crippen molar-refractivity contribution in [2.75, 3.05) is 30.5 Å². The molecule has 23 heavy (non-hydrogen) atoms. The number of aryl methyl sites for hydroxylation is 1. The normalized spacial score (nSPS) is 13.5. The molecule has 0 saturated carbocycles. The maximum atomic E-state index is 12.6. The fourth-order valence-corrected chi connectivity index (χ4v) is 3.42. The fraction of sp³-hybridized carbons (Fsp3) is 0.294. The molecule has 1 aliphatic heterocycles. The molecule has 2 aromatic rings. The Bertz CT molecular complexity index is 713. The third-order valence-corrected chi connectivity index (χ3v) is 4.59. The smallest absolute Gasteiger partial charge is 0.268 e. The molecule has 0 atom stereocenters. The zero-order valence-corrected chi connectivity index (χ0v) is 13.7. The Hall–Kier alpha value is -2.18. The highest BCUT2D eigenvalue weighted by Crippen LogP contribution is 2.31. The molecule has 2 heterocycles. The first-order valence-corrected chi connectivity index (χ1v) is 8.34. The van der Waals surface area contributed by atoms with Gasteiger partial charge in [0.2, 0.25) is 5.91 Å². The van der Waals surface area contributed by atoms with Gasteiger partial charge in [-0.3, -0.25) is 9.59 Å². The Balaban J connectivity index is 1.82. The van der Waals surface area contributed by atoms with Crippen molar-refractivity contribution in [1.29, 1.82) is 0 Å². The number of ether oxygens (including phenoxy) is 1. The van der Waals surface area contributed by atoms with E-state index in [-0.39, 0.29) is 18.4 Å². The van der Waals surface area contributed by atoms with Crippen molar-refractivity contribution in [1.82, 2.24) is 0 Å². The second-order valence-electron chi connectivity index (χ2n) is 5.36. The minimum absolute atomic E-state index is 0.0279. The summed E-state index contributed by atoms with van der Waals surface area (Å²) in [4.78, 5) is 26.8. The minimum Gasteiger partial charge on any atom is -0.375 e. The number of nitrogens with one attached hydrogen (secondary N) is 1. The van der Waals surface area contributed by atoms with Crippen LogP contribution in [0.25, 0.3) is 0 Å². The molecule has 1 aliphatic rings. The van der Waals surface area contributed by atoms with Crippen LogP contribution in [0.2, 0.25) is 0 Å². The lowest BCUT2D eigenvalue weighted by Gasteiger charge is -2.29. The van der Waals surface area contributed by atoms with Crippen LogP contribution in [-0.2, 0) is 16.0 Å². The molecule has 2 amide bonds. The number of thiophene rings is 1. The Kier molecular flexibility index (Phi) is 4.73. The summed E-state index contributed by atoms with van der Waals surface area (Å²) in [5.74, 6) is -0.146. The van der Waals surface area contributed by atoms with Crippen LogP contribution in [0.4, 0.5) is 11.4 Å². The van der Waals surface area contributed by atoms with Crippen LogP contribution in [0.3, 0.4) is 0 Å². The lowest BCUT2D eigenvalue weighted by molar-refractivity contribution is -0.119. The number of rotatable bonds is 4. The molecule has 0 fully saturated rings. The van der Waals surface area contributed by atoms with E-state index in [1.54, 1.807) is 0 Å². The number of nitrogens with zero attached hydrogens (tertiary/aromatic N) is 1. The molecule has 0 spiro atoms. The van der Waals surface area contributed by atoms with E-state index < -0.39 is 0 Å². The molecular formula is C17H18N2O3S. The molecule has 0 saturated heterocycles. The molecule has 1 N–H and O–H groups in total. The average Bonchev–Trinajstić information content (AvgIpc) is 3.08. The molecule has 0 unspecified atom stereocenters. The van der Waals surface area contributed by atoms with Crippen LogP contribution in [0.5, 0.6) is 0 Å². The summed E-state index contributed by atoms with van der Waals surface area (Å²) in [6, 6.07) is 9.41. The van der Waals surface area contributed by atoms with Crippen molar-refractivity contribution < 1.29 is 14.3 Å². The highest BCUT2D eigenvalue weighted by molar-refractivity contribution is 7.12. The maximum absolute atomic E-state index is 12.6. The SMILES string of the molecule is COCC(=O)Nc1ccc2c(c1)CCCN2C(=O)c1cccs1. The molecule has 120 valence electrons. The third-order valence-electron chi connectivity index (χ3n) is 3.73. The van der Waals surface area contributed by atoms with Crippen molar-refractivity contribution in [2.45, 2.75) is 12.8 Å². The lowest BCUT2D eigenvalue weighted by atomic mass is 10.0. The summed E-state index contributed by atoms with van der Waals surface area (Å²) in [6.45, 7) is 0.749. The molecule has 1 aromatic heterocycles. The number of benzene rings is 1. The highest BCUT2D eigenvalue weighted by atomic mass is 32.1. The van der Waals surface area contributed by atoms with E-state index in [9.17, 15) is 9.59 Å². The maximum Gasteiger partial charge on any atom is 0.268 e. The van der Waals surface area contributed by atoms with Gasteiger partial charge in [0, 0.05) is 25.0 Å². The van der Waals surface area contributed by atoms with Gasteiger partial charge in [-0.25, -0.2) is 0 Å². The summed E-state index contributed by atoms with van der Waals surface area (Å²) >= 11 is 1.45. The van der Waals surface area contributed by atoms with Gasteiger partial charge in [0.1, 0.15) is 6.61 Å². The zero-order valence-electron chi connectivity index (χ0n) is 12.9. The number of fused-ring (bicyclic) bond motifs is 1. The lowest BCUT2D eigenvalue weighted by Crippen LogP contribution is -2.35. The highest BCUT2D eigenvalue weighted by Gasteiger charge is 2.24. The second kappa shape index (κ2) is 6.93. The molecule has 1 aromatic carbocycles. The van der Waals surface area contributed by atoms with E-state index in [1.807, 2.05) is 40.6 Å². The van der Waals surface area contributed by atoms with Crippen molar-refractivity contribution in [2.24, 2.45) is 0 Å². The fourth-order valence-electron chi connectivity index (χ4n) is 2.75. The van der Waals surface area contributed by atoms with Crippen LogP contribution in [0.15, 0.2) is 35.7 Å². The first-order valence-electron chi connectivity index (χ1n) is 7.46. The van der Waals surface area contributed by atoms with E-state index in [0.717, 1.165) is 41.2 Å². The number of carbonyl (C=O) groups excluding carboxylic acids is 2. The molecule has 6 heteroatoms. The van der Waals surface area contributed by atoms with Gasteiger partial charge in [-0.05, 0) is 48.1 Å². The first-order chi connectivity index (χ1) is 11.2. The zero-order chi connectivity index (χ0) is 16.2. The monoisotopic (exact) mass is 330 g/mol. The van der Waals surface area contributed by atoms with E-state index in [2.05, 4.69) is 5.32 Å². The number of amides is 2. The van der Waals surface area contributed by atoms with Crippen molar-refractivity contribution >= 4 is 34.5 Å². The van der Waals surface area contributed by atoms with Crippen LogP contribution in [0.1, 0.15) is 21.7 Å². The van der Waals surface area contributed by atoms with E-state index in [0.29, 0.717) is 0 Å². The standard InChI is InChI=1S/C17H18N2O3S/c1-22-11-16(20)18-13-6-7-14-12(10-13)4-2-8-19(14)17(21)15-5-3-9-23-15/h3,5-7,9-10H,2,4,8,11H2,1H3,(H,18,20). The quantitative estimate of drug-likeness (QED) is 0.938. The number of anilines is 2. The van der Waals surface area contributed by atoms with Gasteiger partial charge in [0.25, 0.3) is 5.91 Å². The van der Waals surface area contributed by atoms with Crippen LogP contribution in [0, 0.1) is 0 Å². The minimum atomic E-state index is -0.185. The summed E-state index contributed by atoms with van der Waals surface area (Å²) < 4.78 is 4.81. The molecule has 0 aliphatic carbocycles. The Morgan fingerprint density at radius 3 is 2.96 bits per heavy atom. The summed E-state index contributed by atoms with van der Waals surface area (Å²) in [5.41, 5.74) is 2.74. The van der Waals surface area contributed by atoms with Gasteiger partial charge in [-0.1, -0.05) is 6.07 Å². The van der Waals surface area contributed by atoms with Crippen LogP contribution in [-0.4, -0.2) is 32.1 Å². The van der Waals surface area contributed by atoms with Crippen molar-refractivity contribution in [3.05, 3.63) is 46.2 Å². The van der Waals surface area contributed by atoms with Gasteiger partial charge < -0.3 is 15.0 Å². The second-order valence-corrected chi connectivity index (χ2v) is 6.31. The van der Waals surface area contributed by atoms with Crippen molar-refractivity contribution in [3.63, 3.8) is 0 Å². The van der Waals surface area contributed by atoms with Gasteiger partial charge >= 0.3 is 0 Å². The van der Waals surface area contributed by atoms with Gasteiger partial charge in [-0.2, -0.15) is 0 Å². The largest absolute Gasteiger partial charge is 0.375 e. The number of hydrogen-bond acceptors (Lipinski definition) is 4. The third kappa shape index (κ3) is 3.43. The molecular weight excluding hydrogens is 312 g/mol. The topological polar surface area (TPSA) is 58.6 Å². The summed E-state index contributed by atoms with van der Waals surface area (Å²) in [6.07, 6.45) is 1.82. The Labute approximate surface area is 138 Å². The molecule has 0 radical (unpaired) electrons. The number of methoxy groups -OCH3 is 1. The Morgan fingerprint density at radius 2 is 2.22 bits per heavy atom.